The fourth-order valence-electron chi connectivity index (χ4n) is 1.51. The van der Waals surface area contributed by atoms with Gasteiger partial charge in [0.25, 0.3) is 0 Å². The fourth-order valence-corrected chi connectivity index (χ4v) is 2.47. The molecule has 14 heavy (non-hydrogen) atoms. The number of aryl methyl sites for hydroxylation is 1. The third-order valence-corrected chi connectivity index (χ3v) is 3.58. The van der Waals surface area contributed by atoms with Crippen molar-refractivity contribution in [3.8, 4) is 0 Å². The van der Waals surface area contributed by atoms with Gasteiger partial charge in [0.2, 0.25) is 0 Å². The summed E-state index contributed by atoms with van der Waals surface area (Å²) in [5, 5.41) is 5.67. The highest BCUT2D eigenvalue weighted by atomic mass is 32.1. The van der Waals surface area contributed by atoms with Gasteiger partial charge in [0.1, 0.15) is 0 Å². The first-order valence-corrected chi connectivity index (χ1v) is 6.11. The van der Waals surface area contributed by atoms with E-state index in [4.69, 9.17) is 5.73 Å². The zero-order valence-electron chi connectivity index (χ0n) is 9.05. The van der Waals surface area contributed by atoms with Crippen molar-refractivity contribution in [2.75, 3.05) is 13.1 Å². The van der Waals surface area contributed by atoms with E-state index in [-0.39, 0.29) is 0 Å². The van der Waals surface area contributed by atoms with E-state index in [1.54, 1.807) is 0 Å². The second-order valence-corrected chi connectivity index (χ2v) is 4.59. The summed E-state index contributed by atoms with van der Waals surface area (Å²) < 4.78 is 0. The molecular formula is C11H20N2S. The zero-order chi connectivity index (χ0) is 10.4. The van der Waals surface area contributed by atoms with Crippen molar-refractivity contribution in [2.24, 2.45) is 5.73 Å². The minimum atomic E-state index is 0.479. The summed E-state index contributed by atoms with van der Waals surface area (Å²) in [6, 6.07) is 2.66. The van der Waals surface area contributed by atoms with Crippen molar-refractivity contribution in [3.63, 3.8) is 0 Å². The Morgan fingerprint density at radius 1 is 1.50 bits per heavy atom. The summed E-state index contributed by atoms with van der Waals surface area (Å²) in [5.41, 5.74) is 6.84. The van der Waals surface area contributed by atoms with Crippen molar-refractivity contribution in [3.05, 3.63) is 21.9 Å². The average molecular weight is 212 g/mol. The molecule has 0 spiro atoms. The topological polar surface area (TPSA) is 38.0 Å². The van der Waals surface area contributed by atoms with Crippen LogP contribution < -0.4 is 11.1 Å². The molecule has 1 atom stereocenters. The number of rotatable bonds is 6. The monoisotopic (exact) mass is 212 g/mol. The normalized spacial score (nSPS) is 13.1. The van der Waals surface area contributed by atoms with Gasteiger partial charge in [-0.2, -0.15) is 0 Å². The molecule has 0 radical (unpaired) electrons. The van der Waals surface area contributed by atoms with Gasteiger partial charge in [0, 0.05) is 10.9 Å². The molecular weight excluding hydrogens is 192 g/mol. The van der Waals surface area contributed by atoms with E-state index in [1.165, 1.54) is 16.9 Å². The van der Waals surface area contributed by atoms with Gasteiger partial charge in [-0.05, 0) is 56.8 Å². The maximum Gasteiger partial charge on any atom is 0.0388 e. The third kappa shape index (κ3) is 3.40. The Kier molecular flexibility index (Phi) is 5.15. The second-order valence-electron chi connectivity index (χ2n) is 3.64. The number of nitrogens with two attached hydrogens (primary N) is 1. The fraction of sp³-hybridized carbons (Fsp3) is 0.636. The van der Waals surface area contributed by atoms with Crippen molar-refractivity contribution in [1.29, 1.82) is 0 Å². The largest absolute Gasteiger partial charge is 0.330 e. The van der Waals surface area contributed by atoms with Gasteiger partial charge < -0.3 is 11.1 Å². The molecule has 80 valence electrons. The predicted molar refractivity (Wildman–Crippen MR) is 63.8 cm³/mol. The minimum absolute atomic E-state index is 0.479. The minimum Gasteiger partial charge on any atom is -0.330 e. The van der Waals surface area contributed by atoms with Crippen LogP contribution in [0.4, 0.5) is 0 Å². The molecule has 0 saturated carbocycles. The van der Waals surface area contributed by atoms with Crippen molar-refractivity contribution >= 4 is 11.3 Å². The van der Waals surface area contributed by atoms with Gasteiger partial charge in [-0.3, -0.25) is 0 Å². The molecule has 0 aliphatic rings. The lowest BCUT2D eigenvalue weighted by molar-refractivity contribution is 0.553. The van der Waals surface area contributed by atoms with Crippen LogP contribution in [0.3, 0.4) is 0 Å². The average Bonchev–Trinajstić information content (AvgIpc) is 2.59. The van der Waals surface area contributed by atoms with Crippen molar-refractivity contribution in [1.82, 2.24) is 5.32 Å². The summed E-state index contributed by atoms with van der Waals surface area (Å²) in [6.45, 7) is 6.26. The van der Waals surface area contributed by atoms with Gasteiger partial charge in [-0.1, -0.05) is 0 Å². The number of unbranched alkanes of at least 4 members (excludes halogenated alkanes) is 1. The Morgan fingerprint density at radius 3 is 2.86 bits per heavy atom. The summed E-state index contributed by atoms with van der Waals surface area (Å²) in [5.74, 6) is 0. The Balaban J connectivity index is 2.28. The van der Waals surface area contributed by atoms with E-state index < -0.39 is 0 Å². The van der Waals surface area contributed by atoms with Gasteiger partial charge in [0.15, 0.2) is 0 Å². The molecule has 3 heteroatoms. The second kappa shape index (κ2) is 6.17. The van der Waals surface area contributed by atoms with Gasteiger partial charge >= 0.3 is 0 Å². The Bertz CT molecular complexity index is 258. The van der Waals surface area contributed by atoms with E-state index in [2.05, 4.69) is 30.6 Å². The van der Waals surface area contributed by atoms with Crippen LogP contribution in [0, 0.1) is 6.92 Å². The smallest absolute Gasteiger partial charge is 0.0388 e. The Morgan fingerprint density at radius 2 is 2.29 bits per heavy atom. The SMILES string of the molecule is Cc1ccsc1C(C)NCCCCN. The number of hydrogen-bond acceptors (Lipinski definition) is 3. The van der Waals surface area contributed by atoms with Crippen LogP contribution in [0.15, 0.2) is 11.4 Å². The van der Waals surface area contributed by atoms with Crippen LogP contribution >= 0.6 is 11.3 Å². The van der Waals surface area contributed by atoms with E-state index in [1.807, 2.05) is 11.3 Å². The molecule has 3 N–H and O–H groups in total. The molecule has 0 saturated heterocycles. The third-order valence-electron chi connectivity index (χ3n) is 2.38. The summed E-state index contributed by atoms with van der Waals surface area (Å²) in [4.78, 5) is 1.46. The van der Waals surface area contributed by atoms with Gasteiger partial charge in [0.05, 0.1) is 0 Å². The maximum absolute atomic E-state index is 5.44. The standard InChI is InChI=1S/C11H20N2S/c1-9-5-8-14-11(9)10(2)13-7-4-3-6-12/h5,8,10,13H,3-4,6-7,12H2,1-2H3. The molecule has 0 bridgehead atoms. The molecule has 1 heterocycles. The van der Waals surface area contributed by atoms with Crippen LogP contribution in [0.1, 0.15) is 36.2 Å². The molecule has 2 nitrogen and oxygen atoms in total. The molecule has 1 rings (SSSR count). The van der Waals surface area contributed by atoms with Crippen LogP contribution in [0.25, 0.3) is 0 Å². The summed E-state index contributed by atoms with van der Waals surface area (Å²) in [6.07, 6.45) is 2.29. The first-order chi connectivity index (χ1) is 6.75. The lowest BCUT2D eigenvalue weighted by atomic mass is 10.2. The van der Waals surface area contributed by atoms with Gasteiger partial charge in [-0.15, -0.1) is 11.3 Å². The first kappa shape index (κ1) is 11.7. The van der Waals surface area contributed by atoms with E-state index in [0.29, 0.717) is 6.04 Å². The quantitative estimate of drug-likeness (QED) is 0.711. The molecule has 1 unspecified atom stereocenters. The van der Waals surface area contributed by atoms with Crippen molar-refractivity contribution < 1.29 is 0 Å². The molecule has 0 fully saturated rings. The molecule has 0 aliphatic heterocycles. The van der Waals surface area contributed by atoms with Crippen LogP contribution in [-0.4, -0.2) is 13.1 Å². The predicted octanol–water partition coefficient (Wildman–Crippen LogP) is 2.45. The molecule has 1 aromatic rings. The van der Waals surface area contributed by atoms with Crippen molar-refractivity contribution in [2.45, 2.75) is 32.7 Å². The van der Waals surface area contributed by atoms with E-state index in [0.717, 1.165) is 19.5 Å². The van der Waals surface area contributed by atoms with Gasteiger partial charge in [-0.25, -0.2) is 0 Å². The van der Waals surface area contributed by atoms with Crippen LogP contribution in [0.5, 0.6) is 0 Å². The number of hydrogen-bond donors (Lipinski definition) is 2. The zero-order valence-corrected chi connectivity index (χ0v) is 9.86. The van der Waals surface area contributed by atoms with E-state index >= 15 is 0 Å². The highest BCUT2D eigenvalue weighted by Gasteiger charge is 2.07. The summed E-state index contributed by atoms with van der Waals surface area (Å²) >= 11 is 1.83. The van der Waals surface area contributed by atoms with Crippen LogP contribution in [0.2, 0.25) is 0 Å². The number of thiophene rings is 1. The van der Waals surface area contributed by atoms with E-state index in [9.17, 15) is 0 Å². The summed E-state index contributed by atoms with van der Waals surface area (Å²) in [7, 11) is 0. The first-order valence-electron chi connectivity index (χ1n) is 5.23. The molecule has 1 aromatic heterocycles. The molecule has 0 amide bonds. The highest BCUT2D eigenvalue weighted by molar-refractivity contribution is 7.10. The lowest BCUT2D eigenvalue weighted by Gasteiger charge is -2.12. The Hall–Kier alpha value is -0.380. The highest BCUT2D eigenvalue weighted by Crippen LogP contribution is 2.23. The number of nitrogens with one attached hydrogen (secondary N) is 1. The lowest BCUT2D eigenvalue weighted by Crippen LogP contribution is -2.20. The van der Waals surface area contributed by atoms with Crippen LogP contribution in [-0.2, 0) is 0 Å². The maximum atomic E-state index is 5.44. The Labute approximate surface area is 90.5 Å². The molecule has 0 aliphatic carbocycles. The molecule has 0 aromatic carbocycles.